The van der Waals surface area contributed by atoms with E-state index in [0.29, 0.717) is 28.2 Å². The highest BCUT2D eigenvalue weighted by atomic mass is 35.5. The van der Waals surface area contributed by atoms with Crippen molar-refractivity contribution in [1.82, 2.24) is 10.3 Å². The standard InChI is InChI=1S/C17H22F3N3OS.ClH/c1-9(2)7-16(4,8-21)23-14(24)13-10(3)11-5-6-12(17(18,19)20)22-15(11)25-13;/h5-6,9H,7-8,21H2,1-4H3,(H,23,24);1H. The molecule has 0 aliphatic heterocycles. The quantitative estimate of drug-likeness (QED) is 0.761. The fourth-order valence-corrected chi connectivity index (χ4v) is 3.97. The van der Waals surface area contributed by atoms with Gasteiger partial charge in [-0.1, -0.05) is 13.8 Å². The molecule has 1 unspecified atom stereocenters. The van der Waals surface area contributed by atoms with E-state index in [1.807, 2.05) is 20.8 Å². The number of thiophene rings is 1. The summed E-state index contributed by atoms with van der Waals surface area (Å²) in [6.45, 7) is 7.93. The van der Waals surface area contributed by atoms with Gasteiger partial charge in [-0.2, -0.15) is 13.2 Å². The van der Waals surface area contributed by atoms with Crippen molar-refractivity contribution in [2.75, 3.05) is 6.54 Å². The van der Waals surface area contributed by atoms with E-state index in [4.69, 9.17) is 5.73 Å². The molecule has 2 heterocycles. The van der Waals surface area contributed by atoms with Crippen molar-refractivity contribution in [2.45, 2.75) is 45.8 Å². The first kappa shape index (κ1) is 22.7. The highest BCUT2D eigenvalue weighted by Gasteiger charge is 2.33. The van der Waals surface area contributed by atoms with E-state index >= 15 is 0 Å². The second-order valence-corrected chi connectivity index (χ2v) is 7.92. The molecule has 4 nitrogen and oxygen atoms in total. The summed E-state index contributed by atoms with van der Waals surface area (Å²) < 4.78 is 38.5. The van der Waals surface area contributed by atoms with Crippen molar-refractivity contribution in [2.24, 2.45) is 11.7 Å². The molecule has 2 aromatic heterocycles. The van der Waals surface area contributed by atoms with Crippen LogP contribution in [-0.4, -0.2) is 23.0 Å². The van der Waals surface area contributed by atoms with Crippen LogP contribution in [0.5, 0.6) is 0 Å². The fraction of sp³-hybridized carbons (Fsp3) is 0.529. The number of aryl methyl sites for hydroxylation is 1. The van der Waals surface area contributed by atoms with Crippen LogP contribution in [-0.2, 0) is 6.18 Å². The Hall–Kier alpha value is -1.38. The van der Waals surface area contributed by atoms with Crippen molar-refractivity contribution in [3.8, 4) is 0 Å². The van der Waals surface area contributed by atoms with Crippen molar-refractivity contribution in [1.29, 1.82) is 0 Å². The maximum atomic E-state index is 12.8. The Morgan fingerprint density at radius 1 is 1.35 bits per heavy atom. The number of nitrogens with zero attached hydrogens (tertiary/aromatic N) is 1. The summed E-state index contributed by atoms with van der Waals surface area (Å²) in [5, 5.41) is 3.49. The zero-order valence-corrected chi connectivity index (χ0v) is 16.7. The summed E-state index contributed by atoms with van der Waals surface area (Å²) in [4.78, 5) is 16.9. The van der Waals surface area contributed by atoms with Crippen molar-refractivity contribution in [3.05, 3.63) is 28.3 Å². The maximum Gasteiger partial charge on any atom is 0.433 e. The van der Waals surface area contributed by atoms with Gasteiger partial charge in [-0.05, 0) is 43.9 Å². The van der Waals surface area contributed by atoms with Crippen LogP contribution in [0, 0.1) is 12.8 Å². The summed E-state index contributed by atoms with van der Waals surface area (Å²) in [5.41, 5.74) is 4.91. The molecule has 146 valence electrons. The van der Waals surface area contributed by atoms with Gasteiger partial charge in [0.15, 0.2) is 0 Å². The summed E-state index contributed by atoms with van der Waals surface area (Å²) in [6, 6.07) is 2.30. The van der Waals surface area contributed by atoms with E-state index in [1.165, 1.54) is 6.07 Å². The molecule has 0 saturated heterocycles. The lowest BCUT2D eigenvalue weighted by Gasteiger charge is -2.31. The monoisotopic (exact) mass is 409 g/mol. The van der Waals surface area contributed by atoms with Crippen LogP contribution in [0.4, 0.5) is 13.2 Å². The molecule has 0 spiro atoms. The van der Waals surface area contributed by atoms with E-state index in [2.05, 4.69) is 10.3 Å². The van der Waals surface area contributed by atoms with Crippen LogP contribution in [0.1, 0.15) is 48.1 Å². The van der Waals surface area contributed by atoms with Crippen LogP contribution in [0.3, 0.4) is 0 Å². The lowest BCUT2D eigenvalue weighted by Crippen LogP contribution is -2.52. The first-order valence-electron chi connectivity index (χ1n) is 7.97. The number of nitrogens with one attached hydrogen (secondary N) is 1. The Morgan fingerprint density at radius 3 is 2.46 bits per heavy atom. The number of amides is 1. The Morgan fingerprint density at radius 2 is 1.96 bits per heavy atom. The zero-order valence-electron chi connectivity index (χ0n) is 15.0. The summed E-state index contributed by atoms with van der Waals surface area (Å²) >= 11 is 0.968. The van der Waals surface area contributed by atoms with Crippen molar-refractivity contribution in [3.63, 3.8) is 0 Å². The Balaban J connectivity index is 0.00000338. The topological polar surface area (TPSA) is 68.0 Å². The minimum Gasteiger partial charge on any atom is -0.345 e. The number of alkyl halides is 3. The van der Waals surface area contributed by atoms with E-state index in [-0.39, 0.29) is 29.7 Å². The van der Waals surface area contributed by atoms with E-state index < -0.39 is 17.4 Å². The molecule has 0 aliphatic rings. The number of aromatic nitrogens is 1. The van der Waals surface area contributed by atoms with Crippen molar-refractivity contribution < 1.29 is 18.0 Å². The SMILES string of the molecule is Cc1c(C(=O)NC(C)(CN)CC(C)C)sc2nc(C(F)(F)F)ccc12.Cl. The van der Waals surface area contributed by atoms with Crippen LogP contribution in [0.15, 0.2) is 12.1 Å². The molecule has 1 atom stereocenters. The maximum absolute atomic E-state index is 12.8. The molecule has 0 aromatic carbocycles. The minimum atomic E-state index is -4.51. The number of rotatable bonds is 5. The third-order valence-corrected chi connectivity index (χ3v) is 5.23. The summed E-state index contributed by atoms with van der Waals surface area (Å²) in [7, 11) is 0. The molecule has 0 fully saturated rings. The average molecular weight is 410 g/mol. The first-order valence-corrected chi connectivity index (χ1v) is 8.78. The zero-order chi connectivity index (χ0) is 19.0. The lowest BCUT2D eigenvalue weighted by atomic mass is 9.90. The van der Waals surface area contributed by atoms with E-state index in [9.17, 15) is 18.0 Å². The molecule has 0 radical (unpaired) electrons. The molecule has 3 N–H and O–H groups in total. The number of hydrogen-bond acceptors (Lipinski definition) is 4. The number of pyridine rings is 1. The summed E-state index contributed by atoms with van der Waals surface area (Å²) in [6.07, 6.45) is -3.81. The molecule has 2 aromatic rings. The van der Waals surface area contributed by atoms with Gasteiger partial charge in [-0.25, -0.2) is 4.98 Å². The number of hydrogen-bond donors (Lipinski definition) is 2. The van der Waals surface area contributed by atoms with Crippen molar-refractivity contribution >= 4 is 39.9 Å². The molecule has 0 bridgehead atoms. The second-order valence-electron chi connectivity index (χ2n) is 6.92. The lowest BCUT2D eigenvalue weighted by molar-refractivity contribution is -0.140. The molecule has 1 amide bonds. The van der Waals surface area contributed by atoms with Crippen LogP contribution in [0.2, 0.25) is 0 Å². The van der Waals surface area contributed by atoms with Gasteiger partial charge < -0.3 is 11.1 Å². The van der Waals surface area contributed by atoms with Gasteiger partial charge in [-0.15, -0.1) is 23.7 Å². The molecule has 9 heteroatoms. The van der Waals surface area contributed by atoms with Gasteiger partial charge in [0.2, 0.25) is 0 Å². The number of nitrogens with two attached hydrogens (primary N) is 1. The van der Waals surface area contributed by atoms with Crippen LogP contribution < -0.4 is 11.1 Å². The number of carbonyl (C=O) groups is 1. The Kier molecular flexibility index (Phi) is 7.06. The predicted molar refractivity (Wildman–Crippen MR) is 101 cm³/mol. The van der Waals surface area contributed by atoms with Crippen LogP contribution >= 0.6 is 23.7 Å². The molecule has 0 aliphatic carbocycles. The van der Waals surface area contributed by atoms with Gasteiger partial charge in [0, 0.05) is 11.9 Å². The second kappa shape index (κ2) is 8.10. The van der Waals surface area contributed by atoms with Gasteiger partial charge in [0.05, 0.1) is 10.4 Å². The average Bonchev–Trinajstić information content (AvgIpc) is 2.82. The van der Waals surface area contributed by atoms with E-state index in [1.54, 1.807) is 6.92 Å². The highest BCUT2D eigenvalue weighted by Crippen LogP contribution is 2.34. The van der Waals surface area contributed by atoms with E-state index in [0.717, 1.165) is 17.4 Å². The van der Waals surface area contributed by atoms with Gasteiger partial charge in [-0.3, -0.25) is 4.79 Å². The fourth-order valence-electron chi connectivity index (χ4n) is 2.89. The normalized spacial score (nSPS) is 14.2. The number of carbonyl (C=O) groups excluding carboxylic acids is 1. The van der Waals surface area contributed by atoms with Gasteiger partial charge in [0.1, 0.15) is 10.5 Å². The first-order chi connectivity index (χ1) is 11.5. The number of fused-ring (bicyclic) bond motifs is 1. The predicted octanol–water partition coefficient (Wildman–Crippen LogP) is 4.54. The third-order valence-electron chi connectivity index (χ3n) is 4.02. The molecular formula is C17H23ClF3N3OS. The third kappa shape index (κ3) is 4.86. The largest absolute Gasteiger partial charge is 0.433 e. The highest BCUT2D eigenvalue weighted by molar-refractivity contribution is 7.20. The Bertz CT molecular complexity index is 791. The molecular weight excluding hydrogens is 387 g/mol. The Labute approximate surface area is 160 Å². The molecule has 2 rings (SSSR count). The van der Waals surface area contributed by atoms with Gasteiger partial charge in [0.25, 0.3) is 5.91 Å². The number of halogens is 4. The van der Waals surface area contributed by atoms with Gasteiger partial charge >= 0.3 is 6.18 Å². The molecule has 0 saturated carbocycles. The smallest absolute Gasteiger partial charge is 0.345 e. The minimum absolute atomic E-state index is 0. The molecule has 26 heavy (non-hydrogen) atoms. The summed E-state index contributed by atoms with van der Waals surface area (Å²) in [5.74, 6) is 0.0102. The van der Waals surface area contributed by atoms with Crippen LogP contribution in [0.25, 0.3) is 10.2 Å².